The molecule has 1 aliphatic rings. The monoisotopic (exact) mass is 191 g/mol. The predicted molar refractivity (Wildman–Crippen MR) is 49.4 cm³/mol. The molecule has 0 bridgehead atoms. The van der Waals surface area contributed by atoms with Gasteiger partial charge in [0, 0.05) is 6.04 Å². The summed E-state index contributed by atoms with van der Waals surface area (Å²) in [5.41, 5.74) is 0. The Morgan fingerprint density at radius 1 is 1.33 bits per heavy atom. The second-order valence-corrected chi connectivity index (χ2v) is 5.64. The van der Waals surface area contributed by atoms with Gasteiger partial charge in [-0.2, -0.15) is 0 Å². The summed E-state index contributed by atoms with van der Waals surface area (Å²) in [5, 5.41) is 0. The Morgan fingerprint density at radius 3 is 2.50 bits per heavy atom. The lowest BCUT2D eigenvalue weighted by molar-refractivity contribution is 0.328. The van der Waals surface area contributed by atoms with Crippen molar-refractivity contribution in [2.24, 2.45) is 5.92 Å². The molecule has 1 aliphatic carbocycles. The second-order valence-electron chi connectivity index (χ2n) is 3.86. The molecule has 4 heteroatoms. The number of nitrogens with one attached hydrogen (secondary N) is 1. The largest absolute Gasteiger partial charge is 0.213 e. The molecule has 0 aliphatic heterocycles. The van der Waals surface area contributed by atoms with Crippen molar-refractivity contribution < 1.29 is 8.42 Å². The molecule has 0 aromatic carbocycles. The van der Waals surface area contributed by atoms with Gasteiger partial charge in [0.1, 0.15) is 0 Å². The third-order valence-electron chi connectivity index (χ3n) is 2.32. The molecule has 1 fully saturated rings. The van der Waals surface area contributed by atoms with E-state index in [2.05, 4.69) is 11.6 Å². The van der Waals surface area contributed by atoms with Gasteiger partial charge < -0.3 is 0 Å². The van der Waals surface area contributed by atoms with E-state index in [1.807, 2.05) is 0 Å². The quantitative estimate of drug-likeness (QED) is 0.711. The van der Waals surface area contributed by atoms with Crippen LogP contribution >= 0.6 is 0 Å². The van der Waals surface area contributed by atoms with Crippen molar-refractivity contribution in [1.82, 2.24) is 4.72 Å². The number of sulfonamides is 1. The number of hydrogen-bond donors (Lipinski definition) is 1. The van der Waals surface area contributed by atoms with Gasteiger partial charge in [-0.25, -0.2) is 13.1 Å². The summed E-state index contributed by atoms with van der Waals surface area (Å²) in [6, 6.07) is 0.184. The van der Waals surface area contributed by atoms with Crippen LogP contribution in [0.5, 0.6) is 0 Å². The van der Waals surface area contributed by atoms with E-state index in [0.717, 1.165) is 19.3 Å². The summed E-state index contributed by atoms with van der Waals surface area (Å²) in [6.45, 7) is 2.18. The van der Waals surface area contributed by atoms with Crippen LogP contribution in [0.4, 0.5) is 0 Å². The maximum atomic E-state index is 10.9. The number of rotatable bonds is 2. The van der Waals surface area contributed by atoms with E-state index < -0.39 is 10.0 Å². The zero-order valence-electron chi connectivity index (χ0n) is 7.71. The standard InChI is InChI=1S/C8H17NO2S/c1-7-4-3-5-8(6-7)9-12(2,10)11/h7-9H,3-6H2,1-2H3. The van der Waals surface area contributed by atoms with Gasteiger partial charge >= 0.3 is 0 Å². The van der Waals surface area contributed by atoms with Gasteiger partial charge in [-0.1, -0.05) is 19.8 Å². The lowest BCUT2D eigenvalue weighted by atomic mass is 9.88. The fourth-order valence-electron chi connectivity index (χ4n) is 1.84. The highest BCUT2D eigenvalue weighted by molar-refractivity contribution is 7.88. The van der Waals surface area contributed by atoms with Crippen LogP contribution in [0.1, 0.15) is 32.6 Å². The van der Waals surface area contributed by atoms with Crippen LogP contribution in [-0.2, 0) is 10.0 Å². The highest BCUT2D eigenvalue weighted by atomic mass is 32.2. The SMILES string of the molecule is CC1CCCC(NS(C)(=O)=O)C1. The van der Waals surface area contributed by atoms with E-state index in [4.69, 9.17) is 0 Å². The van der Waals surface area contributed by atoms with E-state index in [1.165, 1.54) is 12.7 Å². The van der Waals surface area contributed by atoms with Crippen molar-refractivity contribution >= 4 is 10.0 Å². The molecule has 12 heavy (non-hydrogen) atoms. The molecule has 0 radical (unpaired) electrons. The van der Waals surface area contributed by atoms with E-state index >= 15 is 0 Å². The summed E-state index contributed by atoms with van der Waals surface area (Å²) in [5.74, 6) is 0.665. The van der Waals surface area contributed by atoms with Crippen LogP contribution in [0.2, 0.25) is 0 Å². The fraction of sp³-hybridized carbons (Fsp3) is 1.00. The maximum Gasteiger partial charge on any atom is 0.208 e. The zero-order chi connectivity index (χ0) is 9.19. The Kier molecular flexibility index (Phi) is 3.12. The molecule has 3 nitrogen and oxygen atoms in total. The fourth-order valence-corrected chi connectivity index (χ4v) is 2.66. The topological polar surface area (TPSA) is 46.2 Å². The van der Waals surface area contributed by atoms with Gasteiger partial charge in [0.15, 0.2) is 0 Å². The van der Waals surface area contributed by atoms with Crippen LogP contribution in [0.15, 0.2) is 0 Å². The molecule has 0 amide bonds. The highest BCUT2D eigenvalue weighted by Crippen LogP contribution is 2.23. The Bertz CT molecular complexity index is 235. The Labute approximate surface area is 74.6 Å². The summed E-state index contributed by atoms with van der Waals surface area (Å²) < 4.78 is 24.5. The first-order chi connectivity index (χ1) is 5.47. The van der Waals surface area contributed by atoms with E-state index in [1.54, 1.807) is 0 Å². The van der Waals surface area contributed by atoms with Gasteiger partial charge in [0.2, 0.25) is 10.0 Å². The average molecular weight is 191 g/mol. The smallest absolute Gasteiger partial charge is 0.208 e. The first-order valence-electron chi connectivity index (χ1n) is 4.44. The Morgan fingerprint density at radius 2 is 2.00 bits per heavy atom. The van der Waals surface area contributed by atoms with Crippen LogP contribution in [0.3, 0.4) is 0 Å². The lowest BCUT2D eigenvalue weighted by Gasteiger charge is -2.26. The molecule has 72 valence electrons. The van der Waals surface area contributed by atoms with Crippen molar-refractivity contribution in [2.45, 2.75) is 38.6 Å². The molecule has 2 atom stereocenters. The highest BCUT2D eigenvalue weighted by Gasteiger charge is 2.20. The average Bonchev–Trinajstić information content (AvgIpc) is 1.82. The maximum absolute atomic E-state index is 10.9. The Balaban J connectivity index is 2.43. The molecule has 0 spiro atoms. The van der Waals surface area contributed by atoms with E-state index in [-0.39, 0.29) is 6.04 Å². The Hall–Kier alpha value is -0.0900. The van der Waals surface area contributed by atoms with Crippen molar-refractivity contribution in [3.8, 4) is 0 Å². The predicted octanol–water partition coefficient (Wildman–Crippen LogP) is 1.11. The molecule has 0 saturated heterocycles. The van der Waals surface area contributed by atoms with Crippen molar-refractivity contribution in [3.05, 3.63) is 0 Å². The van der Waals surface area contributed by atoms with Crippen LogP contribution in [-0.4, -0.2) is 20.7 Å². The molecule has 0 aromatic heterocycles. The van der Waals surface area contributed by atoms with Gasteiger partial charge in [-0.15, -0.1) is 0 Å². The first kappa shape index (κ1) is 9.99. The van der Waals surface area contributed by atoms with Gasteiger partial charge in [-0.3, -0.25) is 0 Å². The lowest BCUT2D eigenvalue weighted by Crippen LogP contribution is -2.37. The van der Waals surface area contributed by atoms with Gasteiger partial charge in [0.25, 0.3) is 0 Å². The minimum Gasteiger partial charge on any atom is -0.213 e. The van der Waals surface area contributed by atoms with Gasteiger partial charge in [-0.05, 0) is 18.8 Å². The van der Waals surface area contributed by atoms with Gasteiger partial charge in [0.05, 0.1) is 6.26 Å². The van der Waals surface area contributed by atoms with Crippen molar-refractivity contribution in [2.75, 3.05) is 6.26 Å². The molecular formula is C8H17NO2S. The third-order valence-corrected chi connectivity index (χ3v) is 3.08. The summed E-state index contributed by atoms with van der Waals surface area (Å²) in [7, 11) is -3.00. The van der Waals surface area contributed by atoms with E-state index in [0.29, 0.717) is 5.92 Å². The molecule has 2 unspecified atom stereocenters. The molecule has 0 heterocycles. The number of hydrogen-bond acceptors (Lipinski definition) is 2. The van der Waals surface area contributed by atoms with E-state index in [9.17, 15) is 8.42 Å². The third kappa shape index (κ3) is 3.54. The molecule has 1 rings (SSSR count). The summed E-state index contributed by atoms with van der Waals surface area (Å²) in [6.07, 6.45) is 5.60. The molecular weight excluding hydrogens is 174 g/mol. The summed E-state index contributed by atoms with van der Waals surface area (Å²) in [4.78, 5) is 0. The van der Waals surface area contributed by atoms with Crippen LogP contribution in [0, 0.1) is 5.92 Å². The summed E-state index contributed by atoms with van der Waals surface area (Å²) >= 11 is 0. The van der Waals surface area contributed by atoms with Crippen molar-refractivity contribution in [1.29, 1.82) is 0 Å². The van der Waals surface area contributed by atoms with Crippen LogP contribution < -0.4 is 4.72 Å². The minimum atomic E-state index is -3.00. The molecule has 1 N–H and O–H groups in total. The first-order valence-corrected chi connectivity index (χ1v) is 6.34. The zero-order valence-corrected chi connectivity index (χ0v) is 8.52. The molecule has 1 saturated carbocycles. The minimum absolute atomic E-state index is 0.184. The van der Waals surface area contributed by atoms with Crippen LogP contribution in [0.25, 0.3) is 0 Å². The normalized spacial score (nSPS) is 31.8. The second kappa shape index (κ2) is 3.75. The van der Waals surface area contributed by atoms with Crippen molar-refractivity contribution in [3.63, 3.8) is 0 Å². The molecule has 0 aromatic rings.